The molecule has 2 atom stereocenters. The second kappa shape index (κ2) is 3.59. The number of fused-ring (bicyclic) bond motifs is 1. The normalized spacial score (nSPS) is 33.8. The van der Waals surface area contributed by atoms with Gasteiger partial charge in [0.05, 0.1) is 0 Å². The molecular formula is C14H15NO3. The number of cyclic esters (lactones) is 1. The molecule has 1 aliphatic carbocycles. The summed E-state index contributed by atoms with van der Waals surface area (Å²) >= 11 is 0. The first-order valence-electron chi connectivity index (χ1n) is 5.97. The van der Waals surface area contributed by atoms with Gasteiger partial charge in [0.1, 0.15) is 0 Å². The SMILES string of the molecule is CC1(C2(C)NOC(=O)O2)C=Cc2ccccc2C1. The van der Waals surface area contributed by atoms with Crippen LogP contribution in [0.15, 0.2) is 30.3 Å². The molecule has 0 bridgehead atoms. The van der Waals surface area contributed by atoms with E-state index in [-0.39, 0.29) is 5.41 Å². The first kappa shape index (κ1) is 11.3. The Labute approximate surface area is 106 Å². The molecule has 1 aliphatic heterocycles. The largest absolute Gasteiger partial charge is 0.529 e. The Balaban J connectivity index is 1.97. The van der Waals surface area contributed by atoms with Crippen molar-refractivity contribution in [1.82, 2.24) is 5.48 Å². The highest BCUT2D eigenvalue weighted by Gasteiger charge is 2.52. The molecule has 0 amide bonds. The number of carbonyl (C=O) groups excluding carboxylic acids is 1. The fourth-order valence-electron chi connectivity index (χ4n) is 2.49. The van der Waals surface area contributed by atoms with Crippen LogP contribution in [0.1, 0.15) is 25.0 Å². The topological polar surface area (TPSA) is 47.6 Å². The number of hydroxylamine groups is 1. The molecule has 1 aromatic rings. The lowest BCUT2D eigenvalue weighted by Crippen LogP contribution is -2.52. The third-order valence-corrected chi connectivity index (χ3v) is 3.95. The number of nitrogens with one attached hydrogen (secondary N) is 1. The zero-order chi connectivity index (χ0) is 12.8. The van der Waals surface area contributed by atoms with Gasteiger partial charge in [0.25, 0.3) is 0 Å². The summed E-state index contributed by atoms with van der Waals surface area (Å²) in [6.45, 7) is 3.88. The molecule has 2 aliphatic rings. The van der Waals surface area contributed by atoms with Gasteiger partial charge in [-0.05, 0) is 24.5 Å². The van der Waals surface area contributed by atoms with Crippen LogP contribution in [0.2, 0.25) is 0 Å². The summed E-state index contributed by atoms with van der Waals surface area (Å²) in [5.74, 6) is 0. The molecule has 4 heteroatoms. The van der Waals surface area contributed by atoms with E-state index in [9.17, 15) is 4.79 Å². The van der Waals surface area contributed by atoms with Gasteiger partial charge >= 0.3 is 6.16 Å². The van der Waals surface area contributed by atoms with Gasteiger partial charge in [-0.3, -0.25) is 0 Å². The van der Waals surface area contributed by atoms with Crippen molar-refractivity contribution in [2.75, 3.05) is 0 Å². The van der Waals surface area contributed by atoms with Crippen LogP contribution in [-0.2, 0) is 16.0 Å². The number of rotatable bonds is 1. The Morgan fingerprint density at radius 3 is 2.78 bits per heavy atom. The maximum Gasteiger partial charge on any atom is 0.529 e. The van der Waals surface area contributed by atoms with E-state index in [1.54, 1.807) is 0 Å². The van der Waals surface area contributed by atoms with Gasteiger partial charge in [0.2, 0.25) is 5.72 Å². The van der Waals surface area contributed by atoms with Gasteiger partial charge < -0.3 is 9.57 Å². The van der Waals surface area contributed by atoms with Crippen molar-refractivity contribution >= 4 is 12.2 Å². The van der Waals surface area contributed by atoms with Crippen molar-refractivity contribution < 1.29 is 14.4 Å². The van der Waals surface area contributed by atoms with E-state index in [1.807, 2.05) is 19.1 Å². The predicted molar refractivity (Wildman–Crippen MR) is 66.4 cm³/mol. The smallest absolute Gasteiger partial charge is 0.408 e. The second-order valence-electron chi connectivity index (χ2n) is 5.22. The highest BCUT2D eigenvalue weighted by atomic mass is 16.9. The van der Waals surface area contributed by atoms with E-state index in [2.05, 4.69) is 36.7 Å². The molecule has 0 saturated carbocycles. The fourth-order valence-corrected chi connectivity index (χ4v) is 2.49. The second-order valence-corrected chi connectivity index (χ2v) is 5.22. The van der Waals surface area contributed by atoms with Gasteiger partial charge in [-0.1, -0.05) is 43.3 Å². The summed E-state index contributed by atoms with van der Waals surface area (Å²) in [5.41, 5.74) is 3.98. The summed E-state index contributed by atoms with van der Waals surface area (Å²) in [6, 6.07) is 8.21. The Morgan fingerprint density at radius 2 is 2.06 bits per heavy atom. The maximum absolute atomic E-state index is 11.2. The minimum atomic E-state index is -0.839. The quantitative estimate of drug-likeness (QED) is 0.773. The van der Waals surface area contributed by atoms with Crippen molar-refractivity contribution in [3.8, 4) is 0 Å². The summed E-state index contributed by atoms with van der Waals surface area (Å²) in [5, 5.41) is 0. The molecule has 0 aromatic heterocycles. The molecule has 0 radical (unpaired) electrons. The van der Waals surface area contributed by atoms with Crippen molar-refractivity contribution in [2.24, 2.45) is 5.41 Å². The van der Waals surface area contributed by atoms with Crippen molar-refractivity contribution in [1.29, 1.82) is 0 Å². The number of hydrogen-bond donors (Lipinski definition) is 1. The lowest BCUT2D eigenvalue weighted by atomic mass is 9.71. The molecule has 4 nitrogen and oxygen atoms in total. The summed E-state index contributed by atoms with van der Waals surface area (Å²) in [7, 11) is 0. The summed E-state index contributed by atoms with van der Waals surface area (Å²) < 4.78 is 5.28. The highest BCUT2D eigenvalue weighted by molar-refractivity contribution is 5.63. The molecule has 2 unspecified atom stereocenters. The molecule has 94 valence electrons. The van der Waals surface area contributed by atoms with Crippen LogP contribution in [0.25, 0.3) is 6.08 Å². The van der Waals surface area contributed by atoms with E-state index in [0.29, 0.717) is 0 Å². The highest BCUT2D eigenvalue weighted by Crippen LogP contribution is 2.43. The molecule has 1 saturated heterocycles. The molecule has 0 spiro atoms. The van der Waals surface area contributed by atoms with E-state index < -0.39 is 11.9 Å². The Hall–Kier alpha value is -1.81. The zero-order valence-electron chi connectivity index (χ0n) is 10.4. The Bertz CT molecular complexity index is 540. The molecule has 1 fully saturated rings. The molecule has 1 heterocycles. The van der Waals surface area contributed by atoms with Crippen molar-refractivity contribution in [3.63, 3.8) is 0 Å². The third kappa shape index (κ3) is 1.53. The maximum atomic E-state index is 11.2. The van der Waals surface area contributed by atoms with E-state index in [0.717, 1.165) is 6.42 Å². The van der Waals surface area contributed by atoms with Gasteiger partial charge in [-0.25, -0.2) is 4.79 Å². The van der Waals surface area contributed by atoms with Gasteiger partial charge in [0, 0.05) is 5.41 Å². The van der Waals surface area contributed by atoms with Crippen LogP contribution >= 0.6 is 0 Å². The molecular weight excluding hydrogens is 230 g/mol. The van der Waals surface area contributed by atoms with Gasteiger partial charge in [0.15, 0.2) is 0 Å². The lowest BCUT2D eigenvalue weighted by molar-refractivity contribution is -0.0519. The number of ether oxygens (including phenoxy) is 1. The van der Waals surface area contributed by atoms with Gasteiger partial charge in [-0.2, -0.15) is 0 Å². The number of benzene rings is 1. The van der Waals surface area contributed by atoms with Crippen LogP contribution in [-0.4, -0.2) is 11.9 Å². The fraction of sp³-hybridized carbons (Fsp3) is 0.357. The standard InChI is InChI=1S/C14H15NO3/c1-13(14(2)15-18-12(16)17-14)8-7-10-5-3-4-6-11(10)9-13/h3-8,15H,9H2,1-2H3. The zero-order valence-corrected chi connectivity index (χ0v) is 10.4. The summed E-state index contributed by atoms with van der Waals surface area (Å²) in [4.78, 5) is 15.9. The summed E-state index contributed by atoms with van der Waals surface area (Å²) in [6.07, 6.45) is 4.26. The molecule has 18 heavy (non-hydrogen) atoms. The third-order valence-electron chi connectivity index (χ3n) is 3.95. The van der Waals surface area contributed by atoms with E-state index in [4.69, 9.17) is 9.57 Å². The first-order valence-corrected chi connectivity index (χ1v) is 5.97. The molecule has 3 rings (SSSR count). The van der Waals surface area contributed by atoms with Crippen molar-refractivity contribution in [2.45, 2.75) is 26.0 Å². The van der Waals surface area contributed by atoms with E-state index >= 15 is 0 Å². The van der Waals surface area contributed by atoms with Crippen LogP contribution in [0, 0.1) is 5.41 Å². The van der Waals surface area contributed by atoms with Crippen LogP contribution in [0.5, 0.6) is 0 Å². The average molecular weight is 245 g/mol. The Morgan fingerprint density at radius 1 is 1.28 bits per heavy atom. The van der Waals surface area contributed by atoms with Crippen LogP contribution in [0.3, 0.4) is 0 Å². The average Bonchev–Trinajstić information content (AvgIpc) is 2.71. The van der Waals surface area contributed by atoms with Crippen LogP contribution in [0.4, 0.5) is 4.79 Å². The monoisotopic (exact) mass is 245 g/mol. The van der Waals surface area contributed by atoms with Crippen molar-refractivity contribution in [3.05, 3.63) is 41.5 Å². The predicted octanol–water partition coefficient (Wildman–Crippen LogP) is 2.65. The molecule has 1 N–H and O–H groups in total. The minimum Gasteiger partial charge on any atom is -0.408 e. The van der Waals surface area contributed by atoms with Crippen LogP contribution < -0.4 is 5.48 Å². The number of carbonyl (C=O) groups is 1. The van der Waals surface area contributed by atoms with E-state index in [1.165, 1.54) is 11.1 Å². The first-order chi connectivity index (χ1) is 8.52. The minimum absolute atomic E-state index is 0.340. The number of hydrogen-bond acceptors (Lipinski definition) is 4. The van der Waals surface area contributed by atoms with Gasteiger partial charge in [-0.15, -0.1) is 5.48 Å². The lowest BCUT2D eigenvalue weighted by Gasteiger charge is -2.40. The molecule has 1 aromatic carbocycles. The Kier molecular flexibility index (Phi) is 2.25.